The minimum atomic E-state index is 0.333. The lowest BCUT2D eigenvalue weighted by atomic mass is 9.84. The van der Waals surface area contributed by atoms with E-state index in [0.29, 0.717) is 12.1 Å². The average Bonchev–Trinajstić information content (AvgIpc) is 3.01. The molecule has 0 bridgehead atoms. The van der Waals surface area contributed by atoms with Gasteiger partial charge in [-0.1, -0.05) is 26.2 Å². The summed E-state index contributed by atoms with van der Waals surface area (Å²) in [5, 5.41) is 12.5. The highest BCUT2D eigenvalue weighted by molar-refractivity contribution is 5.04. The number of rotatable bonds is 4. The summed E-state index contributed by atoms with van der Waals surface area (Å²) in [6, 6.07) is 1.00. The number of hydrogen-bond acceptors (Lipinski definition) is 3. The van der Waals surface area contributed by atoms with Crippen molar-refractivity contribution in [2.24, 2.45) is 5.92 Å². The normalized spacial score (nSPS) is 28.3. The summed E-state index contributed by atoms with van der Waals surface area (Å²) >= 11 is 0. The molecule has 0 saturated heterocycles. The molecule has 0 amide bonds. The Balaban J connectivity index is 1.62. The second-order valence-corrected chi connectivity index (χ2v) is 6.26. The Labute approximate surface area is 116 Å². The smallest absolute Gasteiger partial charge is 0.149 e. The van der Waals surface area contributed by atoms with Crippen LogP contribution in [0.25, 0.3) is 0 Å². The molecular formula is C15H26N4. The van der Waals surface area contributed by atoms with Crippen molar-refractivity contribution in [1.29, 1.82) is 0 Å². The first-order chi connectivity index (χ1) is 9.28. The molecule has 1 aliphatic carbocycles. The average molecular weight is 262 g/mol. The number of nitrogens with zero attached hydrogens (tertiary/aromatic N) is 3. The van der Waals surface area contributed by atoms with Gasteiger partial charge in [-0.2, -0.15) is 0 Å². The van der Waals surface area contributed by atoms with Gasteiger partial charge in [0, 0.05) is 19.0 Å². The Kier molecular flexibility index (Phi) is 3.87. The molecule has 1 saturated carbocycles. The molecule has 2 heterocycles. The summed E-state index contributed by atoms with van der Waals surface area (Å²) in [7, 11) is 0. The third kappa shape index (κ3) is 2.69. The van der Waals surface area contributed by atoms with Crippen molar-refractivity contribution in [2.75, 3.05) is 0 Å². The molecule has 3 rings (SSSR count). The molecule has 4 heteroatoms. The van der Waals surface area contributed by atoms with E-state index >= 15 is 0 Å². The summed E-state index contributed by atoms with van der Waals surface area (Å²) in [5.74, 6) is 3.24. The molecule has 1 aromatic rings. The zero-order valence-corrected chi connectivity index (χ0v) is 12.2. The van der Waals surface area contributed by atoms with E-state index in [-0.39, 0.29) is 0 Å². The summed E-state index contributed by atoms with van der Waals surface area (Å²) in [6.45, 7) is 5.67. The van der Waals surface area contributed by atoms with Gasteiger partial charge in [-0.25, -0.2) is 0 Å². The highest BCUT2D eigenvalue weighted by atomic mass is 15.3. The number of fused-ring (bicyclic) bond motifs is 1. The van der Waals surface area contributed by atoms with E-state index in [4.69, 9.17) is 0 Å². The first-order valence-corrected chi connectivity index (χ1v) is 7.96. The van der Waals surface area contributed by atoms with E-state index in [0.717, 1.165) is 24.7 Å². The van der Waals surface area contributed by atoms with E-state index in [1.54, 1.807) is 0 Å². The van der Waals surface area contributed by atoms with Crippen LogP contribution in [0.3, 0.4) is 0 Å². The number of aryl methyl sites for hydroxylation is 1. The predicted molar refractivity (Wildman–Crippen MR) is 75.9 cm³/mol. The molecule has 1 aromatic heterocycles. The van der Waals surface area contributed by atoms with Gasteiger partial charge in [0.15, 0.2) is 0 Å². The van der Waals surface area contributed by atoms with E-state index in [9.17, 15) is 0 Å². The Bertz CT molecular complexity index is 426. The molecule has 4 nitrogen and oxygen atoms in total. The van der Waals surface area contributed by atoms with E-state index < -0.39 is 0 Å². The van der Waals surface area contributed by atoms with Gasteiger partial charge in [-0.05, 0) is 32.1 Å². The third-order valence-electron chi connectivity index (χ3n) is 4.87. The fraction of sp³-hybridized carbons (Fsp3) is 0.867. The van der Waals surface area contributed by atoms with E-state index in [1.807, 2.05) is 0 Å². The molecule has 0 aromatic carbocycles. The summed E-state index contributed by atoms with van der Waals surface area (Å²) < 4.78 is 2.32. The van der Waals surface area contributed by atoms with Crippen LogP contribution < -0.4 is 5.32 Å². The SMILES string of the molecule is CCC1CCCC(NC(C)c2nnc3n2CCC3)C1. The monoisotopic (exact) mass is 262 g/mol. The van der Waals surface area contributed by atoms with Gasteiger partial charge in [-0.3, -0.25) is 0 Å². The fourth-order valence-corrected chi connectivity index (χ4v) is 3.73. The highest BCUT2D eigenvalue weighted by Gasteiger charge is 2.25. The van der Waals surface area contributed by atoms with Crippen LogP contribution in [0.5, 0.6) is 0 Å². The fourth-order valence-electron chi connectivity index (χ4n) is 3.73. The third-order valence-corrected chi connectivity index (χ3v) is 4.87. The zero-order valence-electron chi connectivity index (χ0n) is 12.2. The second kappa shape index (κ2) is 5.61. The maximum Gasteiger partial charge on any atom is 0.149 e. The van der Waals surface area contributed by atoms with Crippen molar-refractivity contribution in [1.82, 2.24) is 20.1 Å². The van der Waals surface area contributed by atoms with Crippen LogP contribution in [0, 0.1) is 5.92 Å². The minimum absolute atomic E-state index is 0.333. The molecule has 19 heavy (non-hydrogen) atoms. The number of hydrogen-bond donors (Lipinski definition) is 1. The van der Waals surface area contributed by atoms with Crippen molar-refractivity contribution in [3.8, 4) is 0 Å². The van der Waals surface area contributed by atoms with Gasteiger partial charge < -0.3 is 9.88 Å². The number of aromatic nitrogens is 3. The molecule has 1 N–H and O–H groups in total. The van der Waals surface area contributed by atoms with Gasteiger partial charge in [0.1, 0.15) is 11.6 Å². The van der Waals surface area contributed by atoms with Crippen molar-refractivity contribution < 1.29 is 0 Å². The first kappa shape index (κ1) is 13.1. The zero-order chi connectivity index (χ0) is 13.2. The Morgan fingerprint density at radius 3 is 3.05 bits per heavy atom. The van der Waals surface area contributed by atoms with Crippen molar-refractivity contribution >= 4 is 0 Å². The Hall–Kier alpha value is -0.900. The lowest BCUT2D eigenvalue weighted by Gasteiger charge is -2.31. The van der Waals surface area contributed by atoms with Crippen LogP contribution >= 0.6 is 0 Å². The summed E-state index contributed by atoms with van der Waals surface area (Å²) in [6.07, 6.45) is 9.10. The van der Waals surface area contributed by atoms with E-state index in [2.05, 4.69) is 33.9 Å². The molecule has 3 atom stereocenters. The molecule has 1 aliphatic heterocycles. The lowest BCUT2D eigenvalue weighted by Crippen LogP contribution is -2.36. The van der Waals surface area contributed by atoms with Gasteiger partial charge in [-0.15, -0.1) is 10.2 Å². The topological polar surface area (TPSA) is 42.7 Å². The maximum absolute atomic E-state index is 4.39. The van der Waals surface area contributed by atoms with Crippen molar-refractivity contribution in [2.45, 2.75) is 77.4 Å². The molecule has 1 fully saturated rings. The van der Waals surface area contributed by atoms with Crippen LogP contribution in [0.1, 0.15) is 70.1 Å². The van der Waals surface area contributed by atoms with Crippen LogP contribution in [0.2, 0.25) is 0 Å². The molecular weight excluding hydrogens is 236 g/mol. The van der Waals surface area contributed by atoms with Crippen molar-refractivity contribution in [3.05, 3.63) is 11.6 Å². The van der Waals surface area contributed by atoms with Crippen LogP contribution in [-0.4, -0.2) is 20.8 Å². The molecule has 0 radical (unpaired) electrons. The van der Waals surface area contributed by atoms with E-state index in [1.165, 1.54) is 44.3 Å². The Morgan fingerprint density at radius 2 is 2.21 bits per heavy atom. The summed E-state index contributed by atoms with van der Waals surface area (Å²) in [5.41, 5.74) is 0. The molecule has 2 aliphatic rings. The second-order valence-electron chi connectivity index (χ2n) is 6.26. The highest BCUT2D eigenvalue weighted by Crippen LogP contribution is 2.28. The Morgan fingerprint density at radius 1 is 1.32 bits per heavy atom. The quantitative estimate of drug-likeness (QED) is 0.907. The molecule has 106 valence electrons. The molecule has 0 spiro atoms. The largest absolute Gasteiger partial charge is 0.314 e. The maximum atomic E-state index is 4.39. The lowest BCUT2D eigenvalue weighted by molar-refractivity contribution is 0.262. The predicted octanol–water partition coefficient (Wildman–Crippen LogP) is 2.84. The summed E-state index contributed by atoms with van der Waals surface area (Å²) in [4.78, 5) is 0. The van der Waals surface area contributed by atoms with Gasteiger partial charge in [0.2, 0.25) is 0 Å². The van der Waals surface area contributed by atoms with Gasteiger partial charge in [0.25, 0.3) is 0 Å². The minimum Gasteiger partial charge on any atom is -0.314 e. The van der Waals surface area contributed by atoms with Gasteiger partial charge in [0.05, 0.1) is 6.04 Å². The first-order valence-electron chi connectivity index (χ1n) is 7.96. The standard InChI is InChI=1S/C15H26N4/c1-3-12-6-4-7-13(10-12)16-11(2)15-18-17-14-8-5-9-19(14)15/h11-13,16H,3-10H2,1-2H3. The number of nitrogens with one attached hydrogen (secondary N) is 1. The van der Waals surface area contributed by atoms with Crippen LogP contribution in [0.4, 0.5) is 0 Å². The van der Waals surface area contributed by atoms with Crippen molar-refractivity contribution in [3.63, 3.8) is 0 Å². The molecule has 3 unspecified atom stereocenters. The van der Waals surface area contributed by atoms with Crippen LogP contribution in [0.15, 0.2) is 0 Å². The van der Waals surface area contributed by atoms with Crippen LogP contribution in [-0.2, 0) is 13.0 Å². The van der Waals surface area contributed by atoms with Gasteiger partial charge >= 0.3 is 0 Å².